The molecule has 0 unspecified atom stereocenters. The van der Waals surface area contributed by atoms with Crippen LogP contribution in [0.15, 0.2) is 53.4 Å². The molecular formula is C18H15Cl2NO3S. The van der Waals surface area contributed by atoms with Gasteiger partial charge in [-0.25, -0.2) is 8.42 Å². The predicted octanol–water partition coefficient (Wildman–Crippen LogP) is 4.09. The quantitative estimate of drug-likeness (QED) is 0.764. The van der Waals surface area contributed by atoms with E-state index in [1.807, 2.05) is 0 Å². The third-order valence-corrected chi connectivity index (χ3v) is 7.35. The highest BCUT2D eigenvalue weighted by molar-refractivity contribution is 7.92. The first kappa shape index (κ1) is 18.2. The van der Waals surface area contributed by atoms with Crippen molar-refractivity contribution in [2.45, 2.75) is 16.1 Å². The van der Waals surface area contributed by atoms with E-state index in [-0.39, 0.29) is 11.5 Å². The van der Waals surface area contributed by atoms with Crippen LogP contribution in [0.1, 0.15) is 11.5 Å². The molecule has 3 rings (SSSR count). The topological polar surface area (TPSA) is 67.2 Å². The molecule has 7 heteroatoms. The molecule has 130 valence electrons. The second kappa shape index (κ2) is 6.62. The van der Waals surface area contributed by atoms with Crippen LogP contribution >= 0.6 is 23.2 Å². The van der Waals surface area contributed by atoms with Gasteiger partial charge in [0.2, 0.25) is 0 Å². The van der Waals surface area contributed by atoms with Crippen molar-refractivity contribution in [3.05, 3.63) is 64.1 Å². The number of sulfone groups is 1. The molecule has 0 bridgehead atoms. The molecule has 0 N–H and O–H groups in total. The number of hydrogen-bond donors (Lipinski definition) is 0. The van der Waals surface area contributed by atoms with Crippen molar-refractivity contribution in [3.8, 4) is 6.07 Å². The van der Waals surface area contributed by atoms with Gasteiger partial charge in [0, 0.05) is 23.1 Å². The van der Waals surface area contributed by atoms with Crippen LogP contribution in [0.5, 0.6) is 0 Å². The average Bonchev–Trinajstić information content (AvgIpc) is 3.26. The number of nitrogens with zero attached hydrogens (tertiary/aromatic N) is 1. The maximum Gasteiger partial charge on any atom is 0.183 e. The Hall–Kier alpha value is -1.58. The normalized spacial score (nSPS) is 25.4. The van der Waals surface area contributed by atoms with Gasteiger partial charge in [-0.05, 0) is 42.0 Å². The van der Waals surface area contributed by atoms with Gasteiger partial charge in [0.1, 0.15) is 5.41 Å². The minimum Gasteiger partial charge on any atom is -0.383 e. The number of rotatable bonds is 5. The van der Waals surface area contributed by atoms with Crippen LogP contribution in [0.25, 0.3) is 0 Å². The van der Waals surface area contributed by atoms with Crippen molar-refractivity contribution in [2.75, 3.05) is 13.7 Å². The van der Waals surface area contributed by atoms with Gasteiger partial charge in [-0.3, -0.25) is 0 Å². The lowest BCUT2D eigenvalue weighted by molar-refractivity contribution is 0.162. The Labute approximate surface area is 156 Å². The number of hydrogen-bond acceptors (Lipinski definition) is 4. The third-order valence-electron chi connectivity index (χ3n) is 4.55. The Morgan fingerprint density at radius 2 is 1.60 bits per heavy atom. The van der Waals surface area contributed by atoms with Gasteiger partial charge in [-0.1, -0.05) is 35.3 Å². The fourth-order valence-corrected chi connectivity index (χ4v) is 5.91. The fourth-order valence-electron chi connectivity index (χ4n) is 3.35. The van der Waals surface area contributed by atoms with Crippen LogP contribution < -0.4 is 0 Å². The van der Waals surface area contributed by atoms with E-state index >= 15 is 0 Å². The van der Waals surface area contributed by atoms with Crippen LogP contribution in [0.2, 0.25) is 10.0 Å². The molecule has 2 aromatic carbocycles. The summed E-state index contributed by atoms with van der Waals surface area (Å²) >= 11 is 11.8. The Kier molecular flexibility index (Phi) is 4.82. The molecule has 1 saturated carbocycles. The van der Waals surface area contributed by atoms with E-state index in [4.69, 9.17) is 27.9 Å². The standard InChI is InChI=1S/C18H15Cl2NO3S/c1-24-11-18(10-21)16(12-2-4-13(19)5-3-12)17(18)25(22,23)15-8-6-14(20)7-9-15/h2-9,16-17H,11H2,1H3/t16-,17+,18+/m0/s1. The zero-order valence-corrected chi connectivity index (χ0v) is 15.6. The van der Waals surface area contributed by atoms with E-state index in [0.29, 0.717) is 10.0 Å². The largest absolute Gasteiger partial charge is 0.383 e. The maximum absolute atomic E-state index is 13.1. The van der Waals surface area contributed by atoms with Crippen LogP contribution in [-0.4, -0.2) is 27.4 Å². The molecule has 1 fully saturated rings. The zero-order valence-electron chi connectivity index (χ0n) is 13.3. The van der Waals surface area contributed by atoms with Crippen molar-refractivity contribution < 1.29 is 13.2 Å². The van der Waals surface area contributed by atoms with E-state index in [1.54, 1.807) is 24.3 Å². The second-order valence-corrected chi connectivity index (χ2v) is 8.98. The lowest BCUT2D eigenvalue weighted by Gasteiger charge is -2.08. The summed E-state index contributed by atoms with van der Waals surface area (Å²) in [6, 6.07) is 15.1. The molecule has 0 aromatic heterocycles. The van der Waals surface area contributed by atoms with Crippen molar-refractivity contribution in [2.24, 2.45) is 5.41 Å². The number of nitriles is 1. The highest BCUT2D eigenvalue weighted by Gasteiger charge is 2.72. The van der Waals surface area contributed by atoms with Gasteiger partial charge in [0.25, 0.3) is 0 Å². The Morgan fingerprint density at radius 1 is 1.08 bits per heavy atom. The van der Waals surface area contributed by atoms with Gasteiger partial charge in [0.15, 0.2) is 9.84 Å². The van der Waals surface area contributed by atoms with Gasteiger partial charge in [-0.15, -0.1) is 0 Å². The molecule has 0 spiro atoms. The summed E-state index contributed by atoms with van der Waals surface area (Å²) in [5.41, 5.74) is -0.369. The van der Waals surface area contributed by atoms with Crippen LogP contribution in [-0.2, 0) is 14.6 Å². The summed E-state index contributed by atoms with van der Waals surface area (Å²) in [6.07, 6.45) is 0. The van der Waals surface area contributed by atoms with E-state index in [0.717, 1.165) is 5.56 Å². The van der Waals surface area contributed by atoms with E-state index in [2.05, 4.69) is 6.07 Å². The van der Waals surface area contributed by atoms with Gasteiger partial charge in [0.05, 0.1) is 22.8 Å². The lowest BCUT2D eigenvalue weighted by atomic mass is 10.0. The fraction of sp³-hybridized carbons (Fsp3) is 0.278. The lowest BCUT2D eigenvalue weighted by Crippen LogP contribution is -2.19. The number of halogens is 2. The number of ether oxygens (including phenoxy) is 1. The summed E-state index contributed by atoms with van der Waals surface area (Å²) in [6.45, 7) is 0.0360. The summed E-state index contributed by atoms with van der Waals surface area (Å²) in [7, 11) is -2.27. The smallest absolute Gasteiger partial charge is 0.183 e. The number of benzene rings is 2. The molecule has 0 saturated heterocycles. The molecule has 1 aliphatic carbocycles. The Balaban J connectivity index is 2.07. The molecule has 0 radical (unpaired) electrons. The summed E-state index contributed by atoms with van der Waals surface area (Å²) in [5.74, 6) is -0.476. The number of methoxy groups -OCH3 is 1. The second-order valence-electron chi connectivity index (χ2n) is 6.03. The first-order valence-corrected chi connectivity index (χ1v) is 9.82. The first-order chi connectivity index (χ1) is 11.9. The monoisotopic (exact) mass is 395 g/mol. The van der Waals surface area contributed by atoms with Crippen molar-refractivity contribution in [1.82, 2.24) is 0 Å². The summed E-state index contributed by atoms with van der Waals surface area (Å²) in [4.78, 5) is 0.147. The Morgan fingerprint density at radius 3 is 2.08 bits per heavy atom. The summed E-state index contributed by atoms with van der Waals surface area (Å²) in [5, 5.41) is 9.88. The van der Waals surface area contributed by atoms with E-state index in [1.165, 1.54) is 31.4 Å². The molecule has 25 heavy (non-hydrogen) atoms. The summed E-state index contributed by atoms with van der Waals surface area (Å²) < 4.78 is 31.4. The van der Waals surface area contributed by atoms with Crippen molar-refractivity contribution in [1.29, 1.82) is 5.26 Å². The zero-order chi connectivity index (χ0) is 18.2. The molecule has 2 aromatic rings. The third kappa shape index (κ3) is 3.04. The van der Waals surface area contributed by atoms with E-state index in [9.17, 15) is 13.7 Å². The van der Waals surface area contributed by atoms with Gasteiger partial charge >= 0.3 is 0 Å². The van der Waals surface area contributed by atoms with Crippen LogP contribution in [0, 0.1) is 16.7 Å². The Bertz CT molecular complexity index is 920. The molecule has 0 aliphatic heterocycles. The van der Waals surface area contributed by atoms with Crippen LogP contribution in [0.4, 0.5) is 0 Å². The van der Waals surface area contributed by atoms with Gasteiger partial charge < -0.3 is 4.74 Å². The van der Waals surface area contributed by atoms with Gasteiger partial charge in [-0.2, -0.15) is 5.26 Å². The molecule has 1 aliphatic rings. The maximum atomic E-state index is 13.1. The van der Waals surface area contributed by atoms with Crippen molar-refractivity contribution >= 4 is 33.0 Å². The van der Waals surface area contributed by atoms with Crippen molar-refractivity contribution in [3.63, 3.8) is 0 Å². The van der Waals surface area contributed by atoms with E-state index < -0.39 is 26.4 Å². The first-order valence-electron chi connectivity index (χ1n) is 7.52. The highest BCUT2D eigenvalue weighted by Crippen LogP contribution is 2.63. The SMILES string of the molecule is COC[C@@]1(C#N)[C@H](S(=O)(=O)c2ccc(Cl)cc2)[C@@H]1c1ccc(Cl)cc1. The minimum atomic E-state index is -3.73. The molecule has 0 amide bonds. The molecule has 0 heterocycles. The minimum absolute atomic E-state index is 0.0360. The highest BCUT2D eigenvalue weighted by atomic mass is 35.5. The molecule has 4 nitrogen and oxygen atoms in total. The average molecular weight is 396 g/mol. The molecule has 3 atom stereocenters. The predicted molar refractivity (Wildman–Crippen MR) is 96.5 cm³/mol. The van der Waals surface area contributed by atoms with Crippen LogP contribution in [0.3, 0.4) is 0 Å². The molecular weight excluding hydrogens is 381 g/mol.